The lowest BCUT2D eigenvalue weighted by atomic mass is 9.74. The monoisotopic (exact) mass is 350 g/mol. The largest absolute Gasteiger partial charge is 0.496 e. The van der Waals surface area contributed by atoms with E-state index in [1.165, 1.54) is 0 Å². The Morgan fingerprint density at radius 3 is 2.23 bits per heavy atom. The molecule has 0 saturated heterocycles. The number of hydrogen-bond donors (Lipinski definition) is 0. The Morgan fingerprint density at radius 1 is 0.962 bits per heavy atom. The molecule has 4 heteroatoms. The third kappa shape index (κ3) is 3.90. The van der Waals surface area contributed by atoms with E-state index in [0.717, 1.165) is 11.1 Å². The maximum atomic E-state index is 12.6. The quantitative estimate of drug-likeness (QED) is 0.748. The topological polar surface area (TPSA) is 60.4 Å². The number of benzene rings is 2. The molecule has 4 nitrogen and oxygen atoms in total. The minimum atomic E-state index is -1.09. The number of carbonyl (C=O) groups excluding carboxylic acids is 3. The minimum Gasteiger partial charge on any atom is -0.496 e. The van der Waals surface area contributed by atoms with Crippen molar-refractivity contribution >= 4 is 17.3 Å². The Morgan fingerprint density at radius 2 is 1.58 bits per heavy atom. The Hall–Kier alpha value is -2.75. The molecule has 0 heterocycles. The van der Waals surface area contributed by atoms with Gasteiger partial charge >= 0.3 is 0 Å². The first kappa shape index (κ1) is 18.1. The minimum absolute atomic E-state index is 0.202. The second-order valence-corrected chi connectivity index (χ2v) is 6.66. The lowest BCUT2D eigenvalue weighted by Gasteiger charge is -2.27. The molecule has 0 spiro atoms. The summed E-state index contributed by atoms with van der Waals surface area (Å²) in [5.41, 5.74) is 1.88. The SMILES string of the molecule is COc1ccccc1C1CC(=O)C(C(=O)CCc2ccccc2)C(=O)C1. The van der Waals surface area contributed by atoms with Gasteiger partial charge in [-0.2, -0.15) is 0 Å². The van der Waals surface area contributed by atoms with Gasteiger partial charge in [0, 0.05) is 25.2 Å². The molecule has 2 aromatic rings. The van der Waals surface area contributed by atoms with Gasteiger partial charge in [-0.1, -0.05) is 48.5 Å². The fraction of sp³-hybridized carbons (Fsp3) is 0.318. The summed E-state index contributed by atoms with van der Waals surface area (Å²) in [5.74, 6) is -1.44. The highest BCUT2D eigenvalue weighted by molar-refractivity contribution is 6.21. The fourth-order valence-electron chi connectivity index (χ4n) is 3.61. The number of hydrogen-bond acceptors (Lipinski definition) is 4. The first-order valence-corrected chi connectivity index (χ1v) is 8.85. The molecule has 0 radical (unpaired) electrons. The van der Waals surface area contributed by atoms with Crippen LogP contribution in [0.4, 0.5) is 0 Å². The van der Waals surface area contributed by atoms with Crippen molar-refractivity contribution in [3.8, 4) is 5.75 Å². The van der Waals surface area contributed by atoms with E-state index < -0.39 is 5.92 Å². The maximum absolute atomic E-state index is 12.6. The third-order valence-corrected chi connectivity index (χ3v) is 4.94. The highest BCUT2D eigenvalue weighted by Gasteiger charge is 2.40. The molecule has 1 aliphatic carbocycles. The van der Waals surface area contributed by atoms with E-state index in [1.54, 1.807) is 7.11 Å². The number of methoxy groups -OCH3 is 1. The van der Waals surface area contributed by atoms with Crippen LogP contribution in [0.15, 0.2) is 54.6 Å². The zero-order valence-corrected chi connectivity index (χ0v) is 14.8. The second-order valence-electron chi connectivity index (χ2n) is 6.66. The highest BCUT2D eigenvalue weighted by Crippen LogP contribution is 2.37. The van der Waals surface area contributed by atoms with Crippen LogP contribution in [0.25, 0.3) is 0 Å². The van der Waals surface area contributed by atoms with Crippen LogP contribution in [0.3, 0.4) is 0 Å². The van der Waals surface area contributed by atoms with Gasteiger partial charge < -0.3 is 4.74 Å². The summed E-state index contributed by atoms with van der Waals surface area (Å²) < 4.78 is 5.34. The van der Waals surface area contributed by atoms with Crippen LogP contribution in [0.2, 0.25) is 0 Å². The van der Waals surface area contributed by atoms with Crippen molar-refractivity contribution in [2.75, 3.05) is 7.11 Å². The molecule has 1 aliphatic rings. The number of Topliss-reactive ketones (excluding diaryl/α,β-unsaturated/α-hetero) is 3. The highest BCUT2D eigenvalue weighted by atomic mass is 16.5. The van der Waals surface area contributed by atoms with Gasteiger partial charge in [-0.05, 0) is 23.6 Å². The van der Waals surface area contributed by atoms with Crippen molar-refractivity contribution in [3.05, 3.63) is 65.7 Å². The molecule has 1 fully saturated rings. The van der Waals surface area contributed by atoms with Gasteiger partial charge in [-0.15, -0.1) is 0 Å². The Bertz CT molecular complexity index is 792. The average Bonchev–Trinajstić information content (AvgIpc) is 2.66. The van der Waals surface area contributed by atoms with E-state index in [9.17, 15) is 14.4 Å². The summed E-state index contributed by atoms with van der Waals surface area (Å²) in [4.78, 5) is 37.6. The van der Waals surface area contributed by atoms with E-state index in [2.05, 4.69) is 0 Å². The number of carbonyl (C=O) groups is 3. The first-order valence-electron chi connectivity index (χ1n) is 8.85. The number of rotatable bonds is 6. The smallest absolute Gasteiger partial charge is 0.151 e. The molecule has 26 heavy (non-hydrogen) atoms. The van der Waals surface area contributed by atoms with E-state index >= 15 is 0 Å². The van der Waals surface area contributed by atoms with Crippen molar-refractivity contribution in [2.24, 2.45) is 5.92 Å². The summed E-state index contributed by atoms with van der Waals surface area (Å²) in [7, 11) is 1.57. The van der Waals surface area contributed by atoms with Crippen LogP contribution in [0.1, 0.15) is 36.3 Å². The van der Waals surface area contributed by atoms with Crippen LogP contribution >= 0.6 is 0 Å². The van der Waals surface area contributed by atoms with Gasteiger partial charge in [0.2, 0.25) is 0 Å². The van der Waals surface area contributed by atoms with E-state index in [1.807, 2.05) is 54.6 Å². The van der Waals surface area contributed by atoms with Crippen LogP contribution < -0.4 is 4.74 Å². The predicted octanol–water partition coefficient (Wildman–Crippen LogP) is 3.53. The Balaban J connectivity index is 1.68. The van der Waals surface area contributed by atoms with Gasteiger partial charge in [-0.25, -0.2) is 0 Å². The lowest BCUT2D eigenvalue weighted by Crippen LogP contribution is -2.38. The molecule has 2 aromatic carbocycles. The standard InChI is InChI=1S/C22H22O4/c1-26-21-10-6-5-9-17(21)16-13-19(24)22(20(25)14-16)18(23)12-11-15-7-3-2-4-8-15/h2-10,16,22H,11-14H2,1H3. The summed E-state index contributed by atoms with van der Waals surface area (Å²) >= 11 is 0. The van der Waals surface area contributed by atoms with E-state index in [0.29, 0.717) is 12.2 Å². The summed E-state index contributed by atoms with van der Waals surface area (Å²) in [5, 5.41) is 0. The molecule has 3 rings (SSSR count). The Labute approximate surface area is 153 Å². The number of para-hydroxylation sites is 1. The van der Waals surface area contributed by atoms with Gasteiger partial charge in [0.05, 0.1) is 7.11 Å². The number of ether oxygens (including phenoxy) is 1. The predicted molar refractivity (Wildman–Crippen MR) is 98.2 cm³/mol. The number of ketones is 3. The molecule has 0 atom stereocenters. The fourth-order valence-corrected chi connectivity index (χ4v) is 3.61. The van der Waals surface area contributed by atoms with Crippen molar-refractivity contribution < 1.29 is 19.1 Å². The van der Waals surface area contributed by atoms with Gasteiger partial charge in [0.1, 0.15) is 11.7 Å². The molecule has 0 N–H and O–H groups in total. The summed E-state index contributed by atoms with van der Waals surface area (Å²) in [6, 6.07) is 17.0. The van der Waals surface area contributed by atoms with Crippen LogP contribution in [-0.4, -0.2) is 24.5 Å². The maximum Gasteiger partial charge on any atom is 0.151 e. The molecule has 0 bridgehead atoms. The average molecular weight is 350 g/mol. The van der Waals surface area contributed by atoms with Gasteiger partial charge in [0.15, 0.2) is 17.3 Å². The molecule has 134 valence electrons. The van der Waals surface area contributed by atoms with Crippen LogP contribution in [0.5, 0.6) is 5.75 Å². The molecular formula is C22H22O4. The van der Waals surface area contributed by atoms with E-state index in [-0.39, 0.29) is 42.5 Å². The molecule has 0 amide bonds. The molecule has 0 aromatic heterocycles. The molecule has 0 aliphatic heterocycles. The Kier molecular flexibility index (Phi) is 5.61. The molecule has 0 unspecified atom stereocenters. The lowest BCUT2D eigenvalue weighted by molar-refractivity contribution is -0.142. The van der Waals surface area contributed by atoms with Gasteiger partial charge in [0.25, 0.3) is 0 Å². The third-order valence-electron chi connectivity index (χ3n) is 4.94. The molecule has 1 saturated carbocycles. The normalized spacial score (nSPS) is 20.0. The first-order chi connectivity index (χ1) is 12.6. The van der Waals surface area contributed by atoms with Crippen molar-refractivity contribution in [2.45, 2.75) is 31.6 Å². The van der Waals surface area contributed by atoms with Crippen LogP contribution in [-0.2, 0) is 20.8 Å². The van der Waals surface area contributed by atoms with Crippen molar-refractivity contribution in [3.63, 3.8) is 0 Å². The van der Waals surface area contributed by atoms with Crippen molar-refractivity contribution in [1.82, 2.24) is 0 Å². The molecular weight excluding hydrogens is 328 g/mol. The zero-order valence-electron chi connectivity index (χ0n) is 14.8. The van der Waals surface area contributed by atoms with E-state index in [4.69, 9.17) is 4.74 Å². The second kappa shape index (κ2) is 8.09. The van der Waals surface area contributed by atoms with Gasteiger partial charge in [-0.3, -0.25) is 14.4 Å². The number of aryl methyl sites for hydroxylation is 1. The van der Waals surface area contributed by atoms with Crippen LogP contribution in [0, 0.1) is 5.92 Å². The summed E-state index contributed by atoms with van der Waals surface area (Å²) in [6.07, 6.45) is 1.17. The summed E-state index contributed by atoms with van der Waals surface area (Å²) in [6.45, 7) is 0. The van der Waals surface area contributed by atoms with Crippen molar-refractivity contribution in [1.29, 1.82) is 0 Å². The zero-order chi connectivity index (χ0) is 18.5.